The fraction of sp³-hybridized carbons (Fsp3) is 0.684. The number of rotatable bonds is 3. The minimum atomic E-state index is 0.319. The molecule has 2 atom stereocenters. The van der Waals surface area contributed by atoms with Crippen molar-refractivity contribution >= 4 is 0 Å². The van der Waals surface area contributed by atoms with Crippen molar-refractivity contribution in [1.29, 1.82) is 0 Å². The first-order chi connectivity index (χ1) is 9.79. The number of nitrogens with zero attached hydrogens (tertiary/aromatic N) is 1. The Labute approximate surface area is 130 Å². The molecule has 21 heavy (non-hydrogen) atoms. The van der Waals surface area contributed by atoms with Crippen LogP contribution < -0.4 is 5.32 Å². The van der Waals surface area contributed by atoms with E-state index in [9.17, 15) is 0 Å². The second-order valence-electron chi connectivity index (χ2n) is 7.81. The van der Waals surface area contributed by atoms with Gasteiger partial charge in [-0.2, -0.15) is 0 Å². The quantitative estimate of drug-likeness (QED) is 0.907. The van der Waals surface area contributed by atoms with Gasteiger partial charge in [-0.3, -0.25) is 4.90 Å². The lowest BCUT2D eigenvalue weighted by atomic mass is 9.84. The molecule has 0 radical (unpaired) electrons. The van der Waals surface area contributed by atoms with Gasteiger partial charge in [0.25, 0.3) is 0 Å². The van der Waals surface area contributed by atoms with Crippen molar-refractivity contribution in [3.8, 4) is 0 Å². The molecule has 1 saturated heterocycles. The Kier molecular flexibility index (Phi) is 5.11. The Hall–Kier alpha value is -0.860. The summed E-state index contributed by atoms with van der Waals surface area (Å²) in [4.78, 5) is 2.68. The van der Waals surface area contributed by atoms with Crippen LogP contribution in [-0.2, 0) is 6.54 Å². The number of hydrogen-bond acceptors (Lipinski definition) is 2. The maximum atomic E-state index is 3.76. The van der Waals surface area contributed by atoms with Gasteiger partial charge in [0.05, 0.1) is 0 Å². The molecule has 1 heterocycles. The number of hydrogen-bond donors (Lipinski definition) is 1. The van der Waals surface area contributed by atoms with Gasteiger partial charge in [-0.1, -0.05) is 57.0 Å². The third kappa shape index (κ3) is 4.31. The molecule has 118 valence electrons. The molecule has 2 unspecified atom stereocenters. The van der Waals surface area contributed by atoms with Gasteiger partial charge < -0.3 is 5.32 Å². The van der Waals surface area contributed by atoms with E-state index in [0.717, 1.165) is 19.6 Å². The van der Waals surface area contributed by atoms with Crippen LogP contribution in [0.5, 0.6) is 0 Å². The van der Waals surface area contributed by atoms with E-state index in [1.54, 1.807) is 0 Å². The van der Waals surface area contributed by atoms with E-state index in [4.69, 9.17) is 0 Å². The zero-order valence-electron chi connectivity index (χ0n) is 14.7. The fourth-order valence-electron chi connectivity index (χ4n) is 3.43. The third-order valence-corrected chi connectivity index (χ3v) is 4.72. The molecule has 1 fully saturated rings. The summed E-state index contributed by atoms with van der Waals surface area (Å²) in [5.41, 5.74) is 4.53. The Morgan fingerprint density at radius 3 is 2.29 bits per heavy atom. The van der Waals surface area contributed by atoms with Crippen molar-refractivity contribution in [2.24, 2.45) is 5.41 Å². The van der Waals surface area contributed by atoms with Crippen LogP contribution in [0.25, 0.3) is 0 Å². The van der Waals surface area contributed by atoms with Gasteiger partial charge in [0, 0.05) is 31.7 Å². The van der Waals surface area contributed by atoms with Gasteiger partial charge in [0.15, 0.2) is 0 Å². The summed E-state index contributed by atoms with van der Waals surface area (Å²) >= 11 is 0. The van der Waals surface area contributed by atoms with E-state index in [2.05, 4.69) is 70.0 Å². The molecule has 1 aliphatic rings. The summed E-state index contributed by atoms with van der Waals surface area (Å²) in [6, 6.07) is 8.17. The Morgan fingerprint density at radius 1 is 1.14 bits per heavy atom. The van der Waals surface area contributed by atoms with Crippen LogP contribution in [0.1, 0.15) is 50.8 Å². The first-order valence-electron chi connectivity index (χ1n) is 8.34. The van der Waals surface area contributed by atoms with E-state index in [1.165, 1.54) is 23.1 Å². The second-order valence-corrected chi connectivity index (χ2v) is 7.81. The van der Waals surface area contributed by atoms with Crippen LogP contribution in [0.4, 0.5) is 0 Å². The molecule has 0 aliphatic carbocycles. The minimum absolute atomic E-state index is 0.319. The zero-order chi connectivity index (χ0) is 15.6. The van der Waals surface area contributed by atoms with Crippen LogP contribution in [0.3, 0.4) is 0 Å². The molecular weight excluding hydrogens is 256 g/mol. The summed E-state index contributed by atoms with van der Waals surface area (Å²) in [5.74, 6) is 0. The molecule has 2 rings (SSSR count). The summed E-state index contributed by atoms with van der Waals surface area (Å²) in [5, 5.41) is 3.76. The molecule has 2 heteroatoms. The largest absolute Gasteiger partial charge is 0.311 e. The van der Waals surface area contributed by atoms with Crippen molar-refractivity contribution < 1.29 is 0 Å². The Balaban J connectivity index is 2.14. The van der Waals surface area contributed by atoms with Gasteiger partial charge in [0.2, 0.25) is 0 Å². The topological polar surface area (TPSA) is 15.3 Å². The smallest absolute Gasteiger partial charge is 0.0244 e. The van der Waals surface area contributed by atoms with E-state index >= 15 is 0 Å². The predicted molar refractivity (Wildman–Crippen MR) is 91.7 cm³/mol. The molecule has 1 aliphatic heterocycles. The highest BCUT2D eigenvalue weighted by Crippen LogP contribution is 2.25. The normalized spacial score (nSPS) is 24.3. The summed E-state index contributed by atoms with van der Waals surface area (Å²) in [6.07, 6.45) is 1.22. The molecule has 1 aromatic rings. The SMILES string of the molecule is CCC1CNC(C(C)(C)C)CN1Cc1cc(C)cc(C)c1. The molecule has 0 saturated carbocycles. The van der Waals surface area contributed by atoms with Crippen molar-refractivity contribution in [3.63, 3.8) is 0 Å². The third-order valence-electron chi connectivity index (χ3n) is 4.72. The average Bonchev–Trinajstić information content (AvgIpc) is 2.36. The first kappa shape index (κ1) is 16.5. The number of nitrogens with one attached hydrogen (secondary N) is 1. The summed E-state index contributed by atoms with van der Waals surface area (Å²) < 4.78 is 0. The van der Waals surface area contributed by atoms with Crippen molar-refractivity contribution in [2.45, 2.75) is 66.6 Å². The Morgan fingerprint density at radius 2 is 1.76 bits per heavy atom. The lowest BCUT2D eigenvalue weighted by Gasteiger charge is -2.45. The maximum absolute atomic E-state index is 3.76. The highest BCUT2D eigenvalue weighted by Gasteiger charge is 2.33. The van der Waals surface area contributed by atoms with E-state index in [1.807, 2.05) is 0 Å². The summed E-state index contributed by atoms with van der Waals surface area (Å²) in [7, 11) is 0. The Bertz CT molecular complexity index is 453. The highest BCUT2D eigenvalue weighted by atomic mass is 15.2. The van der Waals surface area contributed by atoms with Crippen LogP contribution >= 0.6 is 0 Å². The zero-order valence-corrected chi connectivity index (χ0v) is 14.7. The van der Waals surface area contributed by atoms with Crippen LogP contribution in [0, 0.1) is 19.3 Å². The lowest BCUT2D eigenvalue weighted by molar-refractivity contribution is 0.0775. The van der Waals surface area contributed by atoms with Gasteiger partial charge in [0.1, 0.15) is 0 Å². The highest BCUT2D eigenvalue weighted by molar-refractivity contribution is 5.28. The molecule has 0 amide bonds. The average molecular weight is 288 g/mol. The van der Waals surface area contributed by atoms with Crippen molar-refractivity contribution in [3.05, 3.63) is 34.9 Å². The molecule has 2 nitrogen and oxygen atoms in total. The van der Waals surface area contributed by atoms with Gasteiger partial charge in [-0.15, -0.1) is 0 Å². The van der Waals surface area contributed by atoms with Crippen LogP contribution in [0.2, 0.25) is 0 Å². The van der Waals surface area contributed by atoms with Crippen molar-refractivity contribution in [1.82, 2.24) is 10.2 Å². The summed E-state index contributed by atoms with van der Waals surface area (Å²) in [6.45, 7) is 17.1. The lowest BCUT2D eigenvalue weighted by Crippen LogP contribution is -2.59. The van der Waals surface area contributed by atoms with Gasteiger partial charge in [-0.05, 0) is 31.2 Å². The van der Waals surface area contributed by atoms with Crippen LogP contribution in [0.15, 0.2) is 18.2 Å². The van der Waals surface area contributed by atoms with Crippen LogP contribution in [-0.4, -0.2) is 30.1 Å². The molecule has 0 spiro atoms. The first-order valence-corrected chi connectivity index (χ1v) is 8.34. The molecule has 0 aromatic heterocycles. The maximum Gasteiger partial charge on any atom is 0.0244 e. The molecule has 1 aromatic carbocycles. The predicted octanol–water partition coefficient (Wildman–Crippen LogP) is 3.90. The minimum Gasteiger partial charge on any atom is -0.311 e. The molecule has 1 N–H and O–H groups in total. The molecular formula is C19H32N2. The monoisotopic (exact) mass is 288 g/mol. The second kappa shape index (κ2) is 6.50. The van der Waals surface area contributed by atoms with Gasteiger partial charge in [-0.25, -0.2) is 0 Å². The van der Waals surface area contributed by atoms with E-state index < -0.39 is 0 Å². The number of piperazine rings is 1. The van der Waals surface area contributed by atoms with Crippen molar-refractivity contribution in [2.75, 3.05) is 13.1 Å². The molecule has 0 bridgehead atoms. The fourth-order valence-corrected chi connectivity index (χ4v) is 3.43. The number of benzene rings is 1. The van der Waals surface area contributed by atoms with E-state index in [0.29, 0.717) is 17.5 Å². The van der Waals surface area contributed by atoms with E-state index in [-0.39, 0.29) is 0 Å². The number of aryl methyl sites for hydroxylation is 2. The van der Waals surface area contributed by atoms with Gasteiger partial charge >= 0.3 is 0 Å². The standard InChI is InChI=1S/C19H32N2/c1-7-17-11-20-18(19(4,5)6)13-21(17)12-16-9-14(2)8-15(3)10-16/h8-10,17-18,20H,7,11-13H2,1-6H3.